The van der Waals surface area contributed by atoms with Crippen LogP contribution >= 0.6 is 0 Å². The van der Waals surface area contributed by atoms with Crippen LogP contribution in [0.2, 0.25) is 0 Å². The monoisotopic (exact) mass is 255 g/mol. The Balaban J connectivity index is 1.93. The highest BCUT2D eigenvalue weighted by atomic mass is 16.2. The number of carbonyl (C=O) groups excluding carboxylic acids is 1. The average Bonchev–Trinajstić information content (AvgIpc) is 2.42. The lowest BCUT2D eigenvalue weighted by atomic mass is 9.76. The lowest BCUT2D eigenvalue weighted by molar-refractivity contribution is 0.0834. The molecule has 1 aliphatic rings. The van der Waals surface area contributed by atoms with Crippen molar-refractivity contribution >= 4 is 16.7 Å². The molecule has 0 radical (unpaired) electrons. The van der Waals surface area contributed by atoms with Crippen LogP contribution in [0.3, 0.4) is 0 Å². The summed E-state index contributed by atoms with van der Waals surface area (Å²) in [6.45, 7) is 0.490. The van der Waals surface area contributed by atoms with E-state index < -0.39 is 0 Å². The Hall–Kier alpha value is -1.94. The van der Waals surface area contributed by atoms with Crippen molar-refractivity contribution in [3.05, 3.63) is 42.2 Å². The van der Waals surface area contributed by atoms with Gasteiger partial charge in [0.2, 0.25) is 0 Å². The van der Waals surface area contributed by atoms with Gasteiger partial charge in [-0.15, -0.1) is 0 Å². The number of hydrogen-bond donors (Lipinski definition) is 2. The number of pyridine rings is 1. The van der Waals surface area contributed by atoms with Crippen LogP contribution in [-0.2, 0) is 0 Å². The van der Waals surface area contributed by atoms with E-state index in [4.69, 9.17) is 5.73 Å². The maximum atomic E-state index is 12.4. The minimum atomic E-state index is -0.213. The zero-order chi connectivity index (χ0) is 13.3. The number of nitrogens with two attached hydrogens (primary N) is 1. The summed E-state index contributed by atoms with van der Waals surface area (Å²) < 4.78 is 0. The molecule has 3 rings (SSSR count). The second-order valence-electron chi connectivity index (χ2n) is 5.17. The van der Waals surface area contributed by atoms with Crippen LogP contribution in [0.25, 0.3) is 10.8 Å². The van der Waals surface area contributed by atoms with Crippen LogP contribution in [0, 0.1) is 0 Å². The van der Waals surface area contributed by atoms with E-state index in [-0.39, 0.29) is 11.4 Å². The number of carbonyl (C=O) groups is 1. The van der Waals surface area contributed by atoms with Gasteiger partial charge < -0.3 is 11.1 Å². The summed E-state index contributed by atoms with van der Waals surface area (Å²) in [5, 5.41) is 4.97. The van der Waals surface area contributed by atoms with Crippen molar-refractivity contribution < 1.29 is 4.79 Å². The molecule has 98 valence electrons. The van der Waals surface area contributed by atoms with E-state index in [0.29, 0.717) is 12.2 Å². The fourth-order valence-electron chi connectivity index (χ4n) is 2.58. The Morgan fingerprint density at radius 2 is 2.11 bits per heavy atom. The molecule has 0 bridgehead atoms. The molecule has 1 saturated carbocycles. The molecule has 4 heteroatoms. The Bertz CT molecular complexity index is 609. The van der Waals surface area contributed by atoms with E-state index >= 15 is 0 Å². The lowest BCUT2D eigenvalue weighted by Crippen LogP contribution is -2.58. The van der Waals surface area contributed by atoms with Crippen LogP contribution in [0.15, 0.2) is 36.5 Å². The van der Waals surface area contributed by atoms with E-state index in [1.807, 2.05) is 30.3 Å². The minimum absolute atomic E-state index is 0.123. The van der Waals surface area contributed by atoms with E-state index in [2.05, 4.69) is 10.3 Å². The van der Waals surface area contributed by atoms with Crippen molar-refractivity contribution in [2.75, 3.05) is 6.54 Å². The number of benzene rings is 1. The molecule has 1 aromatic carbocycles. The third-order valence-electron chi connectivity index (χ3n) is 3.97. The van der Waals surface area contributed by atoms with Crippen molar-refractivity contribution in [2.24, 2.45) is 5.73 Å². The first-order valence-electron chi connectivity index (χ1n) is 6.60. The Labute approximate surface area is 112 Å². The number of nitrogens with one attached hydrogen (secondary N) is 1. The molecular formula is C15H17N3O. The third-order valence-corrected chi connectivity index (χ3v) is 3.97. The van der Waals surface area contributed by atoms with E-state index in [0.717, 1.165) is 30.0 Å². The molecule has 0 aliphatic heterocycles. The van der Waals surface area contributed by atoms with E-state index in [1.165, 1.54) is 0 Å². The van der Waals surface area contributed by atoms with Gasteiger partial charge in [0.1, 0.15) is 5.69 Å². The third kappa shape index (κ3) is 2.08. The molecule has 1 aromatic heterocycles. The van der Waals surface area contributed by atoms with Crippen molar-refractivity contribution in [3.63, 3.8) is 0 Å². The van der Waals surface area contributed by atoms with Crippen LogP contribution in [0.4, 0.5) is 0 Å². The van der Waals surface area contributed by atoms with Crippen LogP contribution in [0.5, 0.6) is 0 Å². The van der Waals surface area contributed by atoms with Gasteiger partial charge in [-0.2, -0.15) is 0 Å². The summed E-state index contributed by atoms with van der Waals surface area (Å²) in [4.78, 5) is 16.6. The molecule has 1 aliphatic carbocycles. The second kappa shape index (κ2) is 4.63. The van der Waals surface area contributed by atoms with Crippen molar-refractivity contribution in [3.8, 4) is 0 Å². The average molecular weight is 255 g/mol. The van der Waals surface area contributed by atoms with Crippen LogP contribution < -0.4 is 11.1 Å². The summed E-state index contributed by atoms with van der Waals surface area (Å²) in [6.07, 6.45) is 4.72. The van der Waals surface area contributed by atoms with Crippen LogP contribution in [0.1, 0.15) is 29.8 Å². The standard InChI is InChI=1S/C15H17N3O/c16-10-15(7-3-8-15)18-14(19)13-12-5-2-1-4-11(12)6-9-17-13/h1-2,4-6,9H,3,7-8,10,16H2,(H,18,19). The Morgan fingerprint density at radius 3 is 2.79 bits per heavy atom. The highest BCUT2D eigenvalue weighted by Gasteiger charge is 2.37. The molecular weight excluding hydrogens is 238 g/mol. The molecule has 3 N–H and O–H groups in total. The topological polar surface area (TPSA) is 68.0 Å². The first kappa shape index (κ1) is 12.1. The van der Waals surface area contributed by atoms with Gasteiger partial charge in [-0.05, 0) is 30.7 Å². The number of amides is 1. The highest BCUT2D eigenvalue weighted by Crippen LogP contribution is 2.31. The van der Waals surface area contributed by atoms with Crippen molar-refractivity contribution in [1.82, 2.24) is 10.3 Å². The van der Waals surface area contributed by atoms with Crippen molar-refractivity contribution in [2.45, 2.75) is 24.8 Å². The molecule has 1 amide bonds. The number of hydrogen-bond acceptors (Lipinski definition) is 3. The van der Waals surface area contributed by atoms with Gasteiger partial charge in [-0.3, -0.25) is 9.78 Å². The number of nitrogens with zero attached hydrogens (tertiary/aromatic N) is 1. The van der Waals surface area contributed by atoms with Gasteiger partial charge in [0.05, 0.1) is 5.54 Å². The zero-order valence-electron chi connectivity index (χ0n) is 10.7. The summed E-state index contributed by atoms with van der Waals surface area (Å²) in [6, 6.07) is 9.69. The normalized spacial score (nSPS) is 16.9. The van der Waals surface area contributed by atoms with Crippen molar-refractivity contribution in [1.29, 1.82) is 0 Å². The second-order valence-corrected chi connectivity index (χ2v) is 5.17. The Morgan fingerprint density at radius 1 is 1.32 bits per heavy atom. The SMILES string of the molecule is NCC1(NC(=O)c2nccc3ccccc23)CCC1. The fourth-order valence-corrected chi connectivity index (χ4v) is 2.58. The quantitative estimate of drug-likeness (QED) is 0.879. The summed E-state index contributed by atoms with van der Waals surface area (Å²) >= 11 is 0. The molecule has 19 heavy (non-hydrogen) atoms. The van der Waals surface area contributed by atoms with Gasteiger partial charge in [0, 0.05) is 18.1 Å². The zero-order valence-corrected chi connectivity index (χ0v) is 10.7. The first-order chi connectivity index (χ1) is 9.24. The number of aromatic nitrogens is 1. The summed E-state index contributed by atoms with van der Waals surface area (Å²) in [5.41, 5.74) is 6.04. The van der Waals surface area contributed by atoms with Gasteiger partial charge >= 0.3 is 0 Å². The van der Waals surface area contributed by atoms with Gasteiger partial charge in [-0.25, -0.2) is 0 Å². The molecule has 0 atom stereocenters. The molecule has 4 nitrogen and oxygen atoms in total. The van der Waals surface area contributed by atoms with Gasteiger partial charge in [0.15, 0.2) is 0 Å². The fraction of sp³-hybridized carbons (Fsp3) is 0.333. The van der Waals surface area contributed by atoms with Gasteiger partial charge in [-0.1, -0.05) is 24.3 Å². The highest BCUT2D eigenvalue weighted by molar-refractivity contribution is 6.05. The maximum Gasteiger partial charge on any atom is 0.270 e. The largest absolute Gasteiger partial charge is 0.344 e. The molecule has 0 unspecified atom stereocenters. The minimum Gasteiger partial charge on any atom is -0.344 e. The maximum absolute atomic E-state index is 12.4. The smallest absolute Gasteiger partial charge is 0.270 e. The van der Waals surface area contributed by atoms with E-state index in [9.17, 15) is 4.79 Å². The van der Waals surface area contributed by atoms with E-state index in [1.54, 1.807) is 6.20 Å². The predicted molar refractivity (Wildman–Crippen MR) is 74.8 cm³/mol. The molecule has 1 fully saturated rings. The number of fused-ring (bicyclic) bond motifs is 1. The van der Waals surface area contributed by atoms with Crippen LogP contribution in [-0.4, -0.2) is 23.0 Å². The molecule has 0 spiro atoms. The predicted octanol–water partition coefficient (Wildman–Crippen LogP) is 1.85. The first-order valence-corrected chi connectivity index (χ1v) is 6.60. The summed E-state index contributed by atoms with van der Waals surface area (Å²) in [5.74, 6) is -0.123. The lowest BCUT2D eigenvalue weighted by Gasteiger charge is -2.41. The Kier molecular flexibility index (Phi) is 2.95. The van der Waals surface area contributed by atoms with Gasteiger partial charge in [0.25, 0.3) is 5.91 Å². The number of rotatable bonds is 3. The summed E-state index contributed by atoms with van der Waals surface area (Å²) in [7, 11) is 0. The molecule has 2 aromatic rings. The molecule has 0 saturated heterocycles. The molecule has 1 heterocycles.